The number of esters is 1. The molecule has 3 aliphatic heterocycles. The molecule has 3 N–H and O–H groups in total. The molecule has 3 aliphatic rings. The molecule has 3 amide bonds. The predicted molar refractivity (Wildman–Crippen MR) is 236 cm³/mol. The van der Waals surface area contributed by atoms with Gasteiger partial charge in [-0.05, 0) is 70.1 Å². The van der Waals surface area contributed by atoms with Crippen molar-refractivity contribution in [3.8, 4) is 5.75 Å². The van der Waals surface area contributed by atoms with Crippen LogP contribution in [0, 0.1) is 5.92 Å². The van der Waals surface area contributed by atoms with E-state index in [9.17, 15) is 24.3 Å². The molecule has 0 saturated carbocycles. The second kappa shape index (κ2) is 19.4. The van der Waals surface area contributed by atoms with Gasteiger partial charge in [0.25, 0.3) is 0 Å². The molecular weight excluding hydrogens is 834 g/mol. The van der Waals surface area contributed by atoms with Crippen LogP contribution >= 0.6 is 11.6 Å². The standard InChI is InChI=1S/C45H60ClN7O10/c1-26-13-11-15-35(60-10)45(58)24-34(61-43(57)49-45)27(2)40-44(4,63-40)36(23-38(55)52(8)32-20-29(19-26)21-33(59-9)39(32)46)62-42(56)28(3)51(7)37(54)16-18-53-31(25-50(6)47-5)22-30-14-12-17-48-41(30)53/h11-15,17,20-22,27-28,34-36,40,47,58H,16,18-19,23-25H2,1-10H3,(H,49,57)/b15-11+,26-13+/t27-,28+,34+,35-,36+,40?,44+,45+/m1/s1. The monoisotopic (exact) mass is 893 g/mol. The van der Waals surface area contributed by atoms with Gasteiger partial charge in [-0.15, -0.1) is 0 Å². The van der Waals surface area contributed by atoms with Crippen LogP contribution in [0.5, 0.6) is 5.75 Å². The smallest absolute Gasteiger partial charge is 0.409 e. The van der Waals surface area contributed by atoms with Crippen molar-refractivity contribution in [3.05, 3.63) is 76.6 Å². The fraction of sp³-hybridized carbons (Fsp3) is 0.533. The van der Waals surface area contributed by atoms with Gasteiger partial charge in [-0.1, -0.05) is 42.3 Å². The third-order valence-corrected chi connectivity index (χ3v) is 13.0. The van der Waals surface area contributed by atoms with Gasteiger partial charge in [-0.3, -0.25) is 20.3 Å². The van der Waals surface area contributed by atoms with Crippen molar-refractivity contribution in [1.82, 2.24) is 30.2 Å². The molecule has 2 aromatic heterocycles. The van der Waals surface area contributed by atoms with Crippen LogP contribution in [0.4, 0.5) is 10.5 Å². The molecule has 3 aromatic rings. The number of epoxide rings is 1. The van der Waals surface area contributed by atoms with Gasteiger partial charge in [-0.2, -0.15) is 0 Å². The first-order valence-electron chi connectivity index (χ1n) is 21.0. The van der Waals surface area contributed by atoms with Gasteiger partial charge in [0.1, 0.15) is 46.4 Å². The van der Waals surface area contributed by atoms with Gasteiger partial charge in [0.05, 0.1) is 31.9 Å². The number of methoxy groups -OCH3 is 2. The summed E-state index contributed by atoms with van der Waals surface area (Å²) in [5.74, 6) is -1.69. The average Bonchev–Trinajstić information content (AvgIpc) is 3.83. The number of halogens is 1. The topological polar surface area (TPSA) is 190 Å². The Bertz CT molecular complexity index is 2270. The van der Waals surface area contributed by atoms with Crippen molar-refractivity contribution in [2.75, 3.05) is 47.3 Å². The minimum Gasteiger partial charge on any atom is -0.495 e. The minimum absolute atomic E-state index is 0.0653. The maximum atomic E-state index is 14.4. The van der Waals surface area contributed by atoms with Crippen LogP contribution in [-0.4, -0.2) is 133 Å². The summed E-state index contributed by atoms with van der Waals surface area (Å²) in [6.07, 6.45) is 2.55. The third kappa shape index (κ3) is 10.2. The molecule has 1 aromatic carbocycles. The van der Waals surface area contributed by atoms with Crippen molar-refractivity contribution in [1.29, 1.82) is 0 Å². The Kier molecular flexibility index (Phi) is 14.6. The fourth-order valence-corrected chi connectivity index (χ4v) is 8.76. The lowest BCUT2D eigenvalue weighted by Crippen LogP contribution is -2.63. The molecule has 2 fully saturated rings. The van der Waals surface area contributed by atoms with Gasteiger partial charge < -0.3 is 43.2 Å². The second-order valence-corrected chi connectivity index (χ2v) is 17.3. The second-order valence-electron chi connectivity index (χ2n) is 16.9. The number of hydrogen-bond acceptors (Lipinski definition) is 13. The molecule has 0 spiro atoms. The molecule has 2 saturated heterocycles. The number of aliphatic hydroxyl groups is 1. The van der Waals surface area contributed by atoms with E-state index in [4.69, 9.17) is 35.3 Å². The molecular formula is C45H60ClN7O10. The van der Waals surface area contributed by atoms with E-state index >= 15 is 0 Å². The maximum absolute atomic E-state index is 14.4. The van der Waals surface area contributed by atoms with Gasteiger partial charge in [0.2, 0.25) is 11.8 Å². The molecule has 63 heavy (non-hydrogen) atoms. The van der Waals surface area contributed by atoms with E-state index in [0.29, 0.717) is 30.9 Å². The highest BCUT2D eigenvalue weighted by Crippen LogP contribution is 2.49. The molecule has 342 valence electrons. The number of carbonyl (C=O) groups excluding carboxylic acids is 4. The van der Waals surface area contributed by atoms with E-state index < -0.39 is 65.7 Å². The van der Waals surface area contributed by atoms with E-state index in [0.717, 1.165) is 27.9 Å². The molecule has 4 bridgehead atoms. The Morgan fingerprint density at radius 1 is 1.21 bits per heavy atom. The highest BCUT2D eigenvalue weighted by molar-refractivity contribution is 6.35. The SMILES string of the molecule is CNN(C)Cc1cc2cccnc2n1CCC(=O)N(C)[C@@H](C)C(=O)O[C@H]1CC(=O)N(C)c2cc(cc(OC)c2Cl)C/C(C)=C/C=C/[C@@H](OC)[C@@]2(O)C[C@H](OC(=O)N2)[C@@H](C)C2O[C@]21C. The number of allylic oxidation sites excluding steroid dienone is 3. The van der Waals surface area contributed by atoms with Crippen molar-refractivity contribution in [2.45, 2.75) is 108 Å². The molecule has 0 radical (unpaired) electrons. The fourth-order valence-electron chi connectivity index (χ4n) is 8.45. The molecule has 17 nitrogen and oxygen atoms in total. The quantitative estimate of drug-likeness (QED) is 0.139. The van der Waals surface area contributed by atoms with Crippen molar-refractivity contribution < 1.29 is 48.0 Å². The van der Waals surface area contributed by atoms with E-state index in [1.165, 1.54) is 31.1 Å². The normalized spacial score (nSPS) is 28.3. The first-order valence-corrected chi connectivity index (χ1v) is 21.4. The number of carbonyl (C=O) groups is 4. The summed E-state index contributed by atoms with van der Waals surface area (Å²) < 4.78 is 31.6. The summed E-state index contributed by atoms with van der Waals surface area (Å²) >= 11 is 6.82. The summed E-state index contributed by atoms with van der Waals surface area (Å²) in [7, 11) is 9.78. The minimum atomic E-state index is -1.85. The summed E-state index contributed by atoms with van der Waals surface area (Å²) in [6, 6.07) is 8.41. The van der Waals surface area contributed by atoms with E-state index in [-0.39, 0.29) is 30.2 Å². The highest BCUT2D eigenvalue weighted by atomic mass is 35.5. The molecule has 1 unspecified atom stereocenters. The number of rotatable bonds is 11. The lowest BCUT2D eigenvalue weighted by Gasteiger charge is -2.42. The molecule has 6 rings (SSSR count). The molecule has 18 heteroatoms. The number of amides is 3. The first-order chi connectivity index (χ1) is 29.8. The molecule has 8 atom stereocenters. The van der Waals surface area contributed by atoms with Crippen molar-refractivity contribution in [2.24, 2.45) is 5.92 Å². The zero-order valence-electron chi connectivity index (χ0n) is 37.6. The number of anilines is 1. The number of hydrazine groups is 1. The first kappa shape index (κ1) is 47.4. The number of pyridine rings is 1. The Morgan fingerprint density at radius 3 is 2.65 bits per heavy atom. The van der Waals surface area contributed by atoms with Gasteiger partial charge in [0.15, 0.2) is 5.72 Å². The number of fused-ring (bicyclic) bond motifs is 6. The zero-order chi connectivity index (χ0) is 46.0. The average molecular weight is 894 g/mol. The Hall–Kier alpha value is -5.04. The van der Waals surface area contributed by atoms with Gasteiger partial charge in [0, 0.05) is 70.8 Å². The summed E-state index contributed by atoms with van der Waals surface area (Å²) in [5.41, 5.74) is 3.80. The van der Waals surface area contributed by atoms with Crippen LogP contribution in [0.1, 0.15) is 58.2 Å². The number of ether oxygens (including phenoxy) is 5. The predicted octanol–water partition coefficient (Wildman–Crippen LogP) is 4.52. The van der Waals surface area contributed by atoms with Crippen molar-refractivity contribution in [3.63, 3.8) is 0 Å². The largest absolute Gasteiger partial charge is 0.495 e. The third-order valence-electron chi connectivity index (χ3n) is 12.6. The lowest BCUT2D eigenvalue weighted by atomic mass is 9.83. The van der Waals surface area contributed by atoms with E-state index in [1.807, 2.05) is 54.9 Å². The number of hydrogen-bond donors (Lipinski definition) is 3. The summed E-state index contributed by atoms with van der Waals surface area (Å²) in [5, 5.41) is 17.4. The summed E-state index contributed by atoms with van der Waals surface area (Å²) in [4.78, 5) is 62.6. The highest BCUT2D eigenvalue weighted by Gasteiger charge is 2.64. The number of likely N-dealkylation sites (N-methyl/N-ethyl adjacent to an activating group) is 1. The Labute approximate surface area is 373 Å². The maximum Gasteiger partial charge on any atom is 0.409 e. The van der Waals surface area contributed by atoms with Crippen LogP contribution in [0.2, 0.25) is 5.02 Å². The summed E-state index contributed by atoms with van der Waals surface area (Å²) in [6.45, 7) is 7.89. The number of nitrogens with zero attached hydrogens (tertiary/aromatic N) is 5. The van der Waals surface area contributed by atoms with Gasteiger partial charge >= 0.3 is 12.1 Å². The number of nitrogens with one attached hydrogen (secondary N) is 2. The van der Waals surface area contributed by atoms with E-state index in [1.54, 1.807) is 58.3 Å². The number of aryl methyl sites for hydroxylation is 1. The van der Waals surface area contributed by atoms with Crippen LogP contribution in [0.25, 0.3) is 11.0 Å². The zero-order valence-corrected chi connectivity index (χ0v) is 38.4. The van der Waals surface area contributed by atoms with Gasteiger partial charge in [-0.25, -0.2) is 19.6 Å². The molecule has 0 aliphatic carbocycles. The number of aromatic nitrogens is 2. The van der Waals surface area contributed by atoms with E-state index in [2.05, 4.69) is 15.7 Å². The molecule has 5 heterocycles. The Morgan fingerprint density at radius 2 is 1.95 bits per heavy atom. The van der Waals surface area contributed by atoms with Crippen LogP contribution in [0.15, 0.2) is 60.3 Å². The van der Waals surface area contributed by atoms with Crippen LogP contribution in [-0.2, 0) is 52.8 Å². The van der Waals surface area contributed by atoms with Crippen LogP contribution < -0.4 is 20.4 Å². The lowest BCUT2D eigenvalue weighted by molar-refractivity contribution is -0.162. The van der Waals surface area contributed by atoms with Crippen molar-refractivity contribution >= 4 is 52.2 Å². The number of alkyl carbamates (subject to hydrolysis) is 1. The van der Waals surface area contributed by atoms with Crippen LogP contribution in [0.3, 0.4) is 0 Å². The number of benzene rings is 1. The Balaban J connectivity index is 1.28.